The molecular formula is C38H60F3N3O6. The van der Waals surface area contributed by atoms with E-state index in [1.807, 2.05) is 13.8 Å². The van der Waals surface area contributed by atoms with Gasteiger partial charge in [0.1, 0.15) is 12.2 Å². The second kappa shape index (κ2) is 11.9. The number of nitrogens with one attached hydrogen (secondary N) is 2. The lowest BCUT2D eigenvalue weighted by Gasteiger charge is -2.63. The maximum Gasteiger partial charge on any atom is 0.407 e. The van der Waals surface area contributed by atoms with Gasteiger partial charge < -0.3 is 30.0 Å². The number of amides is 2. The Morgan fingerprint density at radius 3 is 2.30 bits per heavy atom. The van der Waals surface area contributed by atoms with Crippen molar-refractivity contribution in [2.45, 2.75) is 143 Å². The summed E-state index contributed by atoms with van der Waals surface area (Å²) in [7, 11) is 1.57. The molecule has 0 aromatic carbocycles. The third kappa shape index (κ3) is 5.17. The van der Waals surface area contributed by atoms with Gasteiger partial charge in [0.2, 0.25) is 0 Å². The van der Waals surface area contributed by atoms with Gasteiger partial charge in [0.25, 0.3) is 0 Å². The van der Waals surface area contributed by atoms with Gasteiger partial charge in [-0.2, -0.15) is 13.2 Å². The van der Waals surface area contributed by atoms with E-state index in [4.69, 9.17) is 14.2 Å². The van der Waals surface area contributed by atoms with E-state index in [1.54, 1.807) is 7.05 Å². The summed E-state index contributed by atoms with van der Waals surface area (Å²) in [5.41, 5.74) is -0.375. The number of likely N-dealkylation sites (tertiary alicyclic amines) is 1. The lowest BCUT2D eigenvalue weighted by molar-refractivity contribution is -0.184. The first kappa shape index (κ1) is 36.6. The zero-order valence-electron chi connectivity index (χ0n) is 31.2. The van der Waals surface area contributed by atoms with Crippen molar-refractivity contribution in [3.63, 3.8) is 0 Å². The Labute approximate surface area is 295 Å². The van der Waals surface area contributed by atoms with Crippen molar-refractivity contribution >= 4 is 12.2 Å². The van der Waals surface area contributed by atoms with Crippen LogP contribution in [0.1, 0.15) is 99.8 Å². The Bertz CT molecular complexity index is 1360. The Morgan fingerprint density at radius 1 is 1.00 bits per heavy atom. The fourth-order valence-electron chi connectivity index (χ4n) is 13.9. The minimum atomic E-state index is -4.24. The molecule has 2 heterocycles. The monoisotopic (exact) mass is 711 g/mol. The summed E-state index contributed by atoms with van der Waals surface area (Å²) in [6.07, 6.45) is 0.782. The molecule has 2 spiro atoms. The summed E-state index contributed by atoms with van der Waals surface area (Å²) < 4.78 is 57.0. The molecule has 5 aliphatic carbocycles. The third-order valence-corrected chi connectivity index (χ3v) is 16.2. The van der Waals surface area contributed by atoms with E-state index in [1.165, 1.54) is 4.90 Å². The first-order valence-electron chi connectivity index (χ1n) is 19.2. The number of carbonyl (C=O) groups excluding carboxylic acids is 2. The minimum Gasteiger partial charge on any atom is -0.446 e. The van der Waals surface area contributed by atoms with Gasteiger partial charge in [0, 0.05) is 31.0 Å². The highest BCUT2D eigenvalue weighted by atomic mass is 19.4. The van der Waals surface area contributed by atoms with Gasteiger partial charge in [-0.15, -0.1) is 0 Å². The van der Waals surface area contributed by atoms with Gasteiger partial charge in [-0.1, -0.05) is 48.5 Å². The summed E-state index contributed by atoms with van der Waals surface area (Å²) in [6.45, 7) is 15.1. The maximum atomic E-state index is 13.0. The van der Waals surface area contributed by atoms with Gasteiger partial charge in [0.15, 0.2) is 0 Å². The van der Waals surface area contributed by atoms with Crippen LogP contribution in [0.3, 0.4) is 0 Å². The third-order valence-electron chi connectivity index (χ3n) is 16.2. The van der Waals surface area contributed by atoms with Crippen LogP contribution in [0.5, 0.6) is 0 Å². The van der Waals surface area contributed by atoms with Crippen LogP contribution in [-0.2, 0) is 14.2 Å². The molecule has 0 radical (unpaired) electrons. The number of alkyl halides is 3. The zero-order valence-corrected chi connectivity index (χ0v) is 31.2. The molecule has 13 atom stereocenters. The van der Waals surface area contributed by atoms with Crippen LogP contribution in [0.15, 0.2) is 0 Å². The zero-order chi connectivity index (χ0) is 36.4. The van der Waals surface area contributed by atoms with Crippen molar-refractivity contribution < 1.29 is 42.1 Å². The molecule has 5 saturated carbocycles. The predicted molar refractivity (Wildman–Crippen MR) is 180 cm³/mol. The summed E-state index contributed by atoms with van der Waals surface area (Å²) in [5, 5.41) is 17.9. The fraction of sp³-hybridized carbons (Fsp3) is 0.947. The second-order valence-electron chi connectivity index (χ2n) is 19.0. The largest absolute Gasteiger partial charge is 0.446 e. The van der Waals surface area contributed by atoms with E-state index in [0.29, 0.717) is 17.8 Å². The SMILES string of the molecule is CNC(=O)O[C@H](C(C)C)C1C[C@@H](C)[C@H]2C(O1)[C@H](O)[C@@]1(C)C3CC[C@H]4C(C)(C)[C@@H](OC(=O)NC5CN(CC(F)(F)F)C5)CCC45C[C@@]35CC[C@]21C. The van der Waals surface area contributed by atoms with Crippen molar-refractivity contribution in [1.82, 2.24) is 15.5 Å². The van der Waals surface area contributed by atoms with E-state index < -0.39 is 37.1 Å². The molecule has 284 valence electrons. The maximum absolute atomic E-state index is 13.0. The molecule has 0 aromatic heterocycles. The van der Waals surface area contributed by atoms with Crippen LogP contribution >= 0.6 is 0 Å². The Morgan fingerprint density at radius 2 is 1.66 bits per heavy atom. The van der Waals surface area contributed by atoms with Crippen molar-refractivity contribution in [1.29, 1.82) is 0 Å². The average Bonchev–Trinajstić information content (AvgIpc) is 3.64. The molecule has 3 N–H and O–H groups in total. The number of hydrogen-bond donors (Lipinski definition) is 3. The highest BCUT2D eigenvalue weighted by Gasteiger charge is 2.84. The molecular weight excluding hydrogens is 651 g/mol. The molecule has 2 amide bonds. The molecule has 7 fully saturated rings. The number of fused-ring (bicyclic) bond motifs is 4. The van der Waals surface area contributed by atoms with Crippen molar-refractivity contribution in [3.05, 3.63) is 0 Å². The second-order valence-corrected chi connectivity index (χ2v) is 19.0. The molecule has 2 saturated heterocycles. The number of ether oxygens (including phenoxy) is 3. The average molecular weight is 712 g/mol. The van der Waals surface area contributed by atoms with E-state index in [0.717, 1.165) is 51.4 Å². The smallest absolute Gasteiger partial charge is 0.407 e. The molecule has 0 aromatic rings. The van der Waals surface area contributed by atoms with E-state index in [2.05, 4.69) is 45.3 Å². The van der Waals surface area contributed by atoms with Gasteiger partial charge in [-0.25, -0.2) is 9.59 Å². The molecule has 7 rings (SSSR count). The lowest BCUT2D eigenvalue weighted by Crippen LogP contribution is -2.62. The van der Waals surface area contributed by atoms with Gasteiger partial charge in [-0.05, 0) is 97.2 Å². The quantitative estimate of drug-likeness (QED) is 0.288. The molecule has 12 heteroatoms. The fourth-order valence-corrected chi connectivity index (χ4v) is 13.9. The normalized spacial score (nSPS) is 47.0. The molecule has 9 nitrogen and oxygen atoms in total. The van der Waals surface area contributed by atoms with Crippen LogP contribution < -0.4 is 10.6 Å². The number of rotatable bonds is 6. The summed E-state index contributed by atoms with van der Waals surface area (Å²) in [5.74, 6) is 1.33. The summed E-state index contributed by atoms with van der Waals surface area (Å²) in [6, 6.07) is -0.328. The van der Waals surface area contributed by atoms with Crippen LogP contribution in [0.25, 0.3) is 0 Å². The standard InChI is InChI=1S/C38H60F3N3O6/c1-20(2)28(50-31(46)42-8)23-15-21(3)27-29(48-23)30(45)35(7)25-10-9-24-33(4,5)26(11-12-36(24)18-37(25,36)14-13-34(27,35)6)49-32(47)43-22-16-44(17-22)19-38(39,40)41/h20-30,45H,9-19H2,1-8H3,(H,42,46)(H,43,47)/t21-,23?,24+,25?,26+,27+,28-,29?,30+,34-,35-,36?,37+/m1/s1. The minimum absolute atomic E-state index is 0.0679. The van der Waals surface area contributed by atoms with Crippen LogP contribution in [0.4, 0.5) is 22.8 Å². The Hall–Kier alpha value is -1.79. The number of alkyl carbamates (subject to hydrolysis) is 2. The molecule has 2 aliphatic heterocycles. The number of nitrogens with zero attached hydrogens (tertiary/aromatic N) is 1. The van der Waals surface area contributed by atoms with Gasteiger partial charge >= 0.3 is 18.4 Å². The number of halogens is 3. The molecule has 50 heavy (non-hydrogen) atoms. The predicted octanol–water partition coefficient (Wildman–Crippen LogP) is 6.52. The molecule has 4 unspecified atom stereocenters. The van der Waals surface area contributed by atoms with Crippen LogP contribution in [0.2, 0.25) is 0 Å². The van der Waals surface area contributed by atoms with Crippen LogP contribution in [-0.4, -0.2) is 91.6 Å². The number of aliphatic hydroxyl groups excluding tert-OH is 1. The van der Waals surface area contributed by atoms with Crippen molar-refractivity contribution in [2.75, 3.05) is 26.7 Å². The number of hydrogen-bond acceptors (Lipinski definition) is 7. The first-order chi connectivity index (χ1) is 23.2. The van der Waals surface area contributed by atoms with E-state index in [-0.39, 0.29) is 76.4 Å². The van der Waals surface area contributed by atoms with E-state index >= 15 is 0 Å². The Balaban J connectivity index is 1.06. The van der Waals surface area contributed by atoms with Gasteiger partial charge in [0.05, 0.1) is 30.9 Å². The Kier molecular flexibility index (Phi) is 8.67. The molecule has 7 aliphatic rings. The van der Waals surface area contributed by atoms with Crippen LogP contribution in [0, 0.1) is 56.7 Å². The first-order valence-corrected chi connectivity index (χ1v) is 19.2. The highest BCUT2D eigenvalue weighted by molar-refractivity contribution is 5.68. The van der Waals surface area contributed by atoms with Crippen molar-refractivity contribution in [3.8, 4) is 0 Å². The molecule has 0 bridgehead atoms. The highest BCUT2D eigenvalue weighted by Crippen LogP contribution is 2.89. The number of aliphatic hydroxyl groups is 1. The summed E-state index contributed by atoms with van der Waals surface area (Å²) >= 11 is 0. The topological polar surface area (TPSA) is 109 Å². The summed E-state index contributed by atoms with van der Waals surface area (Å²) in [4.78, 5) is 26.6. The van der Waals surface area contributed by atoms with E-state index in [9.17, 15) is 27.9 Å². The number of carbonyl (C=O) groups is 2. The lowest BCUT2D eigenvalue weighted by atomic mass is 9.41. The van der Waals surface area contributed by atoms with Crippen molar-refractivity contribution in [2.24, 2.45) is 56.7 Å². The van der Waals surface area contributed by atoms with Gasteiger partial charge in [-0.3, -0.25) is 4.90 Å².